The van der Waals surface area contributed by atoms with Crippen LogP contribution in [0, 0.1) is 18.3 Å². The van der Waals surface area contributed by atoms with Crippen LogP contribution < -0.4 is 5.32 Å². The van der Waals surface area contributed by atoms with E-state index >= 15 is 0 Å². The van der Waals surface area contributed by atoms with E-state index in [1.807, 2.05) is 37.3 Å². The Hall–Kier alpha value is -3.06. The Morgan fingerprint density at radius 2 is 1.83 bits per heavy atom. The monoisotopic (exact) mass is 306 g/mol. The molecule has 0 aliphatic carbocycles. The summed E-state index contributed by atoms with van der Waals surface area (Å²) in [6, 6.07) is 16.3. The molecule has 0 aromatic heterocycles. The van der Waals surface area contributed by atoms with E-state index in [0.29, 0.717) is 18.5 Å². The predicted molar refractivity (Wildman–Crippen MR) is 89.6 cm³/mol. The molecule has 2 aromatic carbocycles. The summed E-state index contributed by atoms with van der Waals surface area (Å²) in [5.41, 5.74) is 3.06. The molecule has 2 rings (SSSR count). The third-order valence-electron chi connectivity index (χ3n) is 3.39. The zero-order valence-electron chi connectivity index (χ0n) is 12.9. The van der Waals surface area contributed by atoms with E-state index < -0.39 is 5.91 Å². The average Bonchev–Trinajstić information content (AvgIpc) is 2.56. The minimum Gasteiger partial charge on any atom is -0.508 e. The second kappa shape index (κ2) is 7.81. The number of nitrogens with one attached hydrogen (secondary N) is 1. The van der Waals surface area contributed by atoms with Crippen LogP contribution in [0.3, 0.4) is 0 Å². The van der Waals surface area contributed by atoms with E-state index in [1.54, 1.807) is 12.1 Å². The van der Waals surface area contributed by atoms with Crippen molar-refractivity contribution < 1.29 is 9.90 Å². The van der Waals surface area contributed by atoms with Crippen molar-refractivity contribution in [2.75, 3.05) is 6.54 Å². The summed E-state index contributed by atoms with van der Waals surface area (Å²) in [4.78, 5) is 12.0. The number of benzene rings is 2. The van der Waals surface area contributed by atoms with Crippen molar-refractivity contribution in [1.82, 2.24) is 5.32 Å². The fourth-order valence-electron chi connectivity index (χ4n) is 2.06. The van der Waals surface area contributed by atoms with Crippen LogP contribution in [0.25, 0.3) is 6.08 Å². The first-order valence-corrected chi connectivity index (χ1v) is 7.33. The quantitative estimate of drug-likeness (QED) is 0.659. The van der Waals surface area contributed by atoms with Crippen molar-refractivity contribution in [1.29, 1.82) is 5.26 Å². The van der Waals surface area contributed by atoms with E-state index in [4.69, 9.17) is 5.26 Å². The molecule has 0 aliphatic heterocycles. The van der Waals surface area contributed by atoms with Crippen LogP contribution in [0.2, 0.25) is 0 Å². The Balaban J connectivity index is 1.93. The summed E-state index contributed by atoms with van der Waals surface area (Å²) in [5, 5.41) is 21.1. The van der Waals surface area contributed by atoms with Crippen LogP contribution in [-0.4, -0.2) is 17.6 Å². The van der Waals surface area contributed by atoms with Crippen molar-refractivity contribution in [2.45, 2.75) is 13.3 Å². The molecule has 0 unspecified atom stereocenters. The molecule has 0 radical (unpaired) electrons. The highest BCUT2D eigenvalue weighted by Gasteiger charge is 2.08. The Labute approximate surface area is 135 Å². The third-order valence-corrected chi connectivity index (χ3v) is 3.39. The van der Waals surface area contributed by atoms with Crippen molar-refractivity contribution in [3.05, 3.63) is 70.8 Å². The van der Waals surface area contributed by atoms with Gasteiger partial charge in [-0.15, -0.1) is 0 Å². The molecule has 0 bridgehead atoms. The summed E-state index contributed by atoms with van der Waals surface area (Å²) in [7, 11) is 0. The zero-order chi connectivity index (χ0) is 16.7. The number of rotatable bonds is 5. The van der Waals surface area contributed by atoms with Crippen molar-refractivity contribution in [2.24, 2.45) is 0 Å². The van der Waals surface area contributed by atoms with Crippen LogP contribution in [0.1, 0.15) is 16.7 Å². The minimum atomic E-state index is -0.396. The molecular formula is C19H18N2O2. The number of aromatic hydroxyl groups is 1. The van der Waals surface area contributed by atoms with Gasteiger partial charge in [-0.2, -0.15) is 5.26 Å². The molecule has 4 nitrogen and oxygen atoms in total. The molecule has 0 heterocycles. The number of hydrogen-bond acceptors (Lipinski definition) is 3. The summed E-state index contributed by atoms with van der Waals surface area (Å²) in [6.45, 7) is 2.50. The fourth-order valence-corrected chi connectivity index (χ4v) is 2.06. The van der Waals surface area contributed by atoms with Gasteiger partial charge in [-0.3, -0.25) is 4.79 Å². The first kappa shape index (κ1) is 16.3. The van der Waals surface area contributed by atoms with Gasteiger partial charge >= 0.3 is 0 Å². The minimum absolute atomic E-state index is 0.0413. The standard InChI is InChI=1S/C19H18N2O2/c1-14-2-4-15(5-3-14)10-11-21-19(23)17(13-20)12-16-6-8-18(22)9-7-16/h2-9,12,22H,10-11H2,1H3,(H,21,23)/b17-12+. The molecule has 1 amide bonds. The maximum Gasteiger partial charge on any atom is 0.261 e. The Morgan fingerprint density at radius 3 is 2.43 bits per heavy atom. The molecule has 0 aliphatic rings. The van der Waals surface area contributed by atoms with Crippen LogP contribution in [-0.2, 0) is 11.2 Å². The number of carbonyl (C=O) groups is 1. The highest BCUT2D eigenvalue weighted by Crippen LogP contribution is 2.12. The third kappa shape index (κ3) is 5.01. The number of phenols is 1. The van der Waals surface area contributed by atoms with E-state index in [-0.39, 0.29) is 11.3 Å². The normalized spacial score (nSPS) is 10.9. The molecule has 0 saturated carbocycles. The van der Waals surface area contributed by atoms with Gasteiger partial charge in [0.05, 0.1) is 0 Å². The Bertz CT molecular complexity index is 738. The van der Waals surface area contributed by atoms with E-state index in [2.05, 4.69) is 5.32 Å². The van der Waals surface area contributed by atoms with Gasteiger partial charge in [-0.1, -0.05) is 42.0 Å². The van der Waals surface area contributed by atoms with Gasteiger partial charge < -0.3 is 10.4 Å². The van der Waals surface area contributed by atoms with Gasteiger partial charge in [0, 0.05) is 6.54 Å². The van der Waals surface area contributed by atoms with Crippen LogP contribution in [0.4, 0.5) is 0 Å². The first-order valence-electron chi connectivity index (χ1n) is 7.33. The molecule has 2 N–H and O–H groups in total. The largest absolute Gasteiger partial charge is 0.508 e. The second-order valence-corrected chi connectivity index (χ2v) is 5.25. The van der Waals surface area contributed by atoms with Gasteiger partial charge in [-0.25, -0.2) is 0 Å². The smallest absolute Gasteiger partial charge is 0.261 e. The van der Waals surface area contributed by atoms with Gasteiger partial charge in [0.15, 0.2) is 0 Å². The average molecular weight is 306 g/mol. The first-order chi connectivity index (χ1) is 11.1. The van der Waals surface area contributed by atoms with E-state index in [1.165, 1.54) is 23.8 Å². The maximum atomic E-state index is 12.0. The van der Waals surface area contributed by atoms with Gasteiger partial charge in [0.2, 0.25) is 0 Å². The van der Waals surface area contributed by atoms with Crippen molar-refractivity contribution in [3.63, 3.8) is 0 Å². The molecule has 4 heteroatoms. The van der Waals surface area contributed by atoms with Crippen molar-refractivity contribution in [3.8, 4) is 11.8 Å². The lowest BCUT2D eigenvalue weighted by Gasteiger charge is -2.05. The number of nitriles is 1. The summed E-state index contributed by atoms with van der Waals surface area (Å²) < 4.78 is 0. The molecule has 0 atom stereocenters. The van der Waals surface area contributed by atoms with E-state index in [9.17, 15) is 9.90 Å². The number of phenolic OH excluding ortho intramolecular Hbond substituents is 1. The van der Waals surface area contributed by atoms with Crippen LogP contribution >= 0.6 is 0 Å². The molecule has 0 saturated heterocycles. The fraction of sp³-hybridized carbons (Fsp3) is 0.158. The van der Waals surface area contributed by atoms with Gasteiger partial charge in [-0.05, 0) is 42.7 Å². The predicted octanol–water partition coefficient (Wildman–Crippen LogP) is 2.97. The number of hydrogen-bond donors (Lipinski definition) is 2. The topological polar surface area (TPSA) is 73.1 Å². The number of aryl methyl sites for hydroxylation is 1. The van der Waals surface area contributed by atoms with Crippen LogP contribution in [0.5, 0.6) is 5.75 Å². The maximum absolute atomic E-state index is 12.0. The molecule has 0 fully saturated rings. The number of nitrogens with zero attached hydrogens (tertiary/aromatic N) is 1. The van der Waals surface area contributed by atoms with Crippen LogP contribution in [0.15, 0.2) is 54.1 Å². The SMILES string of the molecule is Cc1ccc(CCNC(=O)/C(C#N)=C/c2ccc(O)cc2)cc1. The van der Waals surface area contributed by atoms with Crippen molar-refractivity contribution >= 4 is 12.0 Å². The lowest BCUT2D eigenvalue weighted by atomic mass is 10.1. The Kier molecular flexibility index (Phi) is 5.54. The van der Waals surface area contributed by atoms with E-state index in [0.717, 1.165) is 5.56 Å². The molecule has 0 spiro atoms. The summed E-state index contributed by atoms with van der Waals surface area (Å²) in [5.74, 6) is -0.254. The molecule has 23 heavy (non-hydrogen) atoms. The summed E-state index contributed by atoms with van der Waals surface area (Å²) in [6.07, 6.45) is 2.21. The van der Waals surface area contributed by atoms with Gasteiger partial charge in [0.1, 0.15) is 17.4 Å². The number of carbonyl (C=O) groups excluding carboxylic acids is 1. The summed E-state index contributed by atoms with van der Waals surface area (Å²) >= 11 is 0. The second-order valence-electron chi connectivity index (χ2n) is 5.25. The molecule has 2 aromatic rings. The lowest BCUT2D eigenvalue weighted by molar-refractivity contribution is -0.117. The molecular weight excluding hydrogens is 288 g/mol. The van der Waals surface area contributed by atoms with Gasteiger partial charge in [0.25, 0.3) is 5.91 Å². The number of amides is 1. The lowest BCUT2D eigenvalue weighted by Crippen LogP contribution is -2.26. The highest BCUT2D eigenvalue weighted by molar-refractivity contribution is 6.01. The Morgan fingerprint density at radius 1 is 1.17 bits per heavy atom. The molecule has 116 valence electrons. The zero-order valence-corrected chi connectivity index (χ0v) is 12.9. The highest BCUT2D eigenvalue weighted by atomic mass is 16.3.